The van der Waals surface area contributed by atoms with E-state index < -0.39 is 18.4 Å². The molecule has 1 aromatic carbocycles. The van der Waals surface area contributed by atoms with Crippen LogP contribution in [0, 0.1) is 0 Å². The smallest absolute Gasteiger partial charge is 0.342 e. The number of aromatic nitrogens is 3. The van der Waals surface area contributed by atoms with Crippen LogP contribution in [0.25, 0.3) is 5.82 Å². The molecule has 0 amide bonds. The quantitative estimate of drug-likeness (QED) is 0.427. The number of halogens is 2. The van der Waals surface area contributed by atoms with E-state index in [1.165, 1.54) is 18.3 Å². The van der Waals surface area contributed by atoms with Crippen molar-refractivity contribution in [3.05, 3.63) is 75.7 Å². The van der Waals surface area contributed by atoms with Crippen molar-refractivity contribution in [3.8, 4) is 5.82 Å². The maximum absolute atomic E-state index is 12.6. The van der Waals surface area contributed by atoms with Crippen molar-refractivity contribution < 1.29 is 14.3 Å². The summed E-state index contributed by atoms with van der Waals surface area (Å²) in [4.78, 5) is 29.2. The molecule has 0 radical (unpaired) electrons. The summed E-state index contributed by atoms with van der Waals surface area (Å²) in [5, 5.41) is 4.90. The normalized spacial score (nSPS) is 10.9. The average Bonchev–Trinajstić information content (AvgIpc) is 3.12. The van der Waals surface area contributed by atoms with Crippen molar-refractivity contribution in [2.75, 3.05) is 6.61 Å². The highest BCUT2D eigenvalue weighted by Crippen LogP contribution is 2.24. The van der Waals surface area contributed by atoms with Gasteiger partial charge < -0.3 is 4.74 Å². The first-order valence-electron chi connectivity index (χ1n) is 8.53. The number of ketones is 1. The van der Waals surface area contributed by atoms with Gasteiger partial charge in [-0.25, -0.2) is 14.5 Å². The number of Topliss-reactive ketones (excluding diaryl/α,β-unsaturated/α-hetero) is 1. The molecular weight excluding hydrogens is 401 g/mol. The number of nitrogens with zero attached hydrogens (tertiary/aromatic N) is 3. The minimum Gasteiger partial charge on any atom is -0.454 e. The molecule has 0 N–H and O–H groups in total. The van der Waals surface area contributed by atoms with E-state index in [4.69, 9.17) is 27.9 Å². The van der Waals surface area contributed by atoms with Crippen molar-refractivity contribution >= 4 is 35.0 Å². The Balaban J connectivity index is 1.79. The van der Waals surface area contributed by atoms with Crippen LogP contribution in [0.4, 0.5) is 0 Å². The average molecular weight is 418 g/mol. The van der Waals surface area contributed by atoms with Gasteiger partial charge >= 0.3 is 5.97 Å². The molecule has 8 heteroatoms. The van der Waals surface area contributed by atoms with Crippen LogP contribution in [0.3, 0.4) is 0 Å². The van der Waals surface area contributed by atoms with Crippen molar-refractivity contribution in [2.24, 2.45) is 0 Å². The van der Waals surface area contributed by atoms with Crippen molar-refractivity contribution in [1.82, 2.24) is 14.8 Å². The third kappa shape index (κ3) is 4.24. The zero-order chi connectivity index (χ0) is 20.3. The molecule has 0 fully saturated rings. The van der Waals surface area contributed by atoms with Crippen LogP contribution in [0.1, 0.15) is 46.2 Å². The zero-order valence-corrected chi connectivity index (χ0v) is 16.7. The Bertz CT molecular complexity index is 1020. The predicted octanol–water partition coefficient (Wildman–Crippen LogP) is 4.74. The highest BCUT2D eigenvalue weighted by Gasteiger charge is 2.23. The van der Waals surface area contributed by atoms with Crippen LogP contribution in [-0.2, 0) is 4.74 Å². The summed E-state index contributed by atoms with van der Waals surface area (Å²) in [6.45, 7) is 3.43. The van der Waals surface area contributed by atoms with Gasteiger partial charge in [0.2, 0.25) is 5.78 Å². The largest absolute Gasteiger partial charge is 0.454 e. The van der Waals surface area contributed by atoms with Gasteiger partial charge in [0.15, 0.2) is 12.4 Å². The fourth-order valence-corrected chi connectivity index (χ4v) is 3.25. The molecule has 144 valence electrons. The molecule has 6 nitrogen and oxygen atoms in total. The number of benzene rings is 1. The molecule has 0 atom stereocenters. The summed E-state index contributed by atoms with van der Waals surface area (Å²) < 4.78 is 6.81. The van der Waals surface area contributed by atoms with Gasteiger partial charge in [-0.05, 0) is 36.2 Å². The Labute approximate surface area is 172 Å². The molecule has 0 unspecified atom stereocenters. The summed E-state index contributed by atoms with van der Waals surface area (Å²) in [6, 6.07) is 9.94. The standard InChI is InChI=1S/C20H17Cl2N3O3/c1-12(2)19-15(10-24-25(19)18-5-3-4-8-23-18)20(27)28-11-17(26)14-7-6-13(21)9-16(14)22/h3-10,12H,11H2,1-2H3. The zero-order valence-electron chi connectivity index (χ0n) is 15.2. The van der Waals surface area contributed by atoms with Crippen LogP contribution in [0.5, 0.6) is 0 Å². The molecule has 28 heavy (non-hydrogen) atoms. The van der Waals surface area contributed by atoms with Gasteiger partial charge in [0.25, 0.3) is 0 Å². The number of carbonyl (C=O) groups is 2. The summed E-state index contributed by atoms with van der Waals surface area (Å²) in [5.41, 5.74) is 1.18. The Hall–Kier alpha value is -2.70. The summed E-state index contributed by atoms with van der Waals surface area (Å²) in [7, 11) is 0. The van der Waals surface area contributed by atoms with E-state index in [-0.39, 0.29) is 22.1 Å². The lowest BCUT2D eigenvalue weighted by Crippen LogP contribution is -2.16. The van der Waals surface area contributed by atoms with Crippen LogP contribution in [0.15, 0.2) is 48.8 Å². The monoisotopic (exact) mass is 417 g/mol. The van der Waals surface area contributed by atoms with E-state index in [0.29, 0.717) is 16.5 Å². The molecule has 0 aliphatic rings. The van der Waals surface area contributed by atoms with Gasteiger partial charge in [-0.1, -0.05) is 43.1 Å². The summed E-state index contributed by atoms with van der Waals surface area (Å²) in [5.74, 6) is -0.481. The number of rotatable bonds is 6. The lowest BCUT2D eigenvalue weighted by molar-refractivity contribution is 0.0473. The van der Waals surface area contributed by atoms with Crippen molar-refractivity contribution in [2.45, 2.75) is 19.8 Å². The topological polar surface area (TPSA) is 74.1 Å². The summed E-state index contributed by atoms with van der Waals surface area (Å²) >= 11 is 11.9. The lowest BCUT2D eigenvalue weighted by Gasteiger charge is -2.12. The second kappa shape index (κ2) is 8.54. The Morgan fingerprint density at radius 3 is 2.57 bits per heavy atom. The van der Waals surface area contributed by atoms with Crippen LogP contribution >= 0.6 is 23.2 Å². The van der Waals surface area contributed by atoms with E-state index in [1.807, 2.05) is 19.9 Å². The highest BCUT2D eigenvalue weighted by atomic mass is 35.5. The van der Waals surface area contributed by atoms with Gasteiger partial charge in [-0.3, -0.25) is 4.79 Å². The van der Waals surface area contributed by atoms with Crippen LogP contribution in [-0.4, -0.2) is 33.1 Å². The second-order valence-corrected chi connectivity index (χ2v) is 7.17. The third-order valence-electron chi connectivity index (χ3n) is 4.01. The van der Waals surface area contributed by atoms with Gasteiger partial charge in [-0.15, -0.1) is 0 Å². The third-order valence-corrected chi connectivity index (χ3v) is 4.55. The van der Waals surface area contributed by atoms with Gasteiger partial charge in [0.05, 0.1) is 16.9 Å². The minimum atomic E-state index is -0.635. The molecule has 2 aromatic heterocycles. The number of carbonyl (C=O) groups excluding carboxylic acids is 2. The Morgan fingerprint density at radius 1 is 1.14 bits per heavy atom. The van der Waals surface area contributed by atoms with Gasteiger partial charge in [0.1, 0.15) is 5.56 Å². The molecule has 3 rings (SSSR count). The van der Waals surface area contributed by atoms with Gasteiger partial charge in [-0.2, -0.15) is 5.10 Å². The molecule has 0 aliphatic heterocycles. The first-order valence-corrected chi connectivity index (χ1v) is 9.28. The number of esters is 1. The summed E-state index contributed by atoms with van der Waals surface area (Å²) in [6.07, 6.45) is 3.07. The predicted molar refractivity (Wildman–Crippen MR) is 107 cm³/mol. The number of hydrogen-bond acceptors (Lipinski definition) is 5. The van der Waals surface area contributed by atoms with Crippen LogP contribution in [0.2, 0.25) is 10.0 Å². The highest BCUT2D eigenvalue weighted by molar-refractivity contribution is 6.36. The molecule has 0 spiro atoms. The van der Waals surface area contributed by atoms with E-state index in [9.17, 15) is 9.59 Å². The van der Waals surface area contributed by atoms with E-state index in [1.54, 1.807) is 29.1 Å². The maximum atomic E-state index is 12.6. The number of pyridine rings is 1. The molecule has 0 bridgehead atoms. The minimum absolute atomic E-state index is 0.0199. The fourth-order valence-electron chi connectivity index (χ4n) is 2.73. The molecule has 0 aliphatic carbocycles. The number of hydrogen-bond donors (Lipinski definition) is 0. The SMILES string of the molecule is CC(C)c1c(C(=O)OCC(=O)c2ccc(Cl)cc2Cl)cnn1-c1ccccn1. The Kier molecular flexibility index (Phi) is 6.11. The molecule has 0 saturated heterocycles. The lowest BCUT2D eigenvalue weighted by atomic mass is 10.1. The molecular formula is C20H17Cl2N3O3. The van der Waals surface area contributed by atoms with Crippen molar-refractivity contribution in [1.29, 1.82) is 0 Å². The van der Waals surface area contributed by atoms with Crippen molar-refractivity contribution in [3.63, 3.8) is 0 Å². The fraction of sp³-hybridized carbons (Fsp3) is 0.200. The first kappa shape index (κ1) is 20.0. The molecule has 2 heterocycles. The Morgan fingerprint density at radius 2 is 1.93 bits per heavy atom. The number of ether oxygens (including phenoxy) is 1. The second-order valence-electron chi connectivity index (χ2n) is 6.32. The van der Waals surface area contributed by atoms with Gasteiger partial charge in [0, 0.05) is 16.8 Å². The van der Waals surface area contributed by atoms with E-state index in [0.717, 1.165) is 0 Å². The van der Waals surface area contributed by atoms with E-state index in [2.05, 4.69) is 10.1 Å². The van der Waals surface area contributed by atoms with Crippen LogP contribution < -0.4 is 0 Å². The molecule has 3 aromatic rings. The first-order chi connectivity index (χ1) is 13.4. The molecule has 0 saturated carbocycles. The maximum Gasteiger partial charge on any atom is 0.342 e. The van der Waals surface area contributed by atoms with E-state index >= 15 is 0 Å².